The van der Waals surface area contributed by atoms with Gasteiger partial charge in [-0.3, -0.25) is 0 Å². The highest BCUT2D eigenvalue weighted by atomic mass is 16.3. The van der Waals surface area contributed by atoms with E-state index in [1.165, 1.54) is 12.8 Å². The average molecular weight is 184 g/mol. The predicted octanol–water partition coefficient (Wildman–Crippen LogP) is 3.36. The van der Waals surface area contributed by atoms with Crippen LogP contribution in [0.5, 0.6) is 0 Å². The summed E-state index contributed by atoms with van der Waals surface area (Å²) in [6.07, 6.45) is 5.43. The first kappa shape index (κ1) is 11.0. The summed E-state index contributed by atoms with van der Waals surface area (Å²) in [6.45, 7) is 9.01. The summed E-state index contributed by atoms with van der Waals surface area (Å²) in [7, 11) is 0. The maximum absolute atomic E-state index is 10.1. The van der Waals surface area contributed by atoms with Crippen molar-refractivity contribution in [1.29, 1.82) is 0 Å². The van der Waals surface area contributed by atoms with E-state index in [1.807, 2.05) is 0 Å². The van der Waals surface area contributed by atoms with Crippen LogP contribution in [0.15, 0.2) is 0 Å². The predicted molar refractivity (Wildman–Crippen MR) is 56.7 cm³/mol. The summed E-state index contributed by atoms with van der Waals surface area (Å²) >= 11 is 0. The second kappa shape index (κ2) is 3.61. The second-order valence-corrected chi connectivity index (χ2v) is 5.80. The molecule has 0 saturated heterocycles. The summed E-state index contributed by atoms with van der Waals surface area (Å²) in [5, 5.41) is 10.1. The van der Waals surface area contributed by atoms with E-state index in [0.717, 1.165) is 25.2 Å². The minimum atomic E-state index is -0.298. The zero-order chi connectivity index (χ0) is 10.1. The lowest BCUT2D eigenvalue weighted by atomic mass is 9.59. The maximum atomic E-state index is 10.1. The molecule has 13 heavy (non-hydrogen) atoms. The smallest absolute Gasteiger partial charge is 0.0653 e. The molecular formula is C12H24O. The van der Waals surface area contributed by atoms with Gasteiger partial charge in [-0.15, -0.1) is 0 Å². The van der Waals surface area contributed by atoms with Crippen LogP contribution >= 0.6 is 0 Å². The van der Waals surface area contributed by atoms with Crippen molar-refractivity contribution in [2.24, 2.45) is 11.3 Å². The lowest BCUT2D eigenvalue weighted by Gasteiger charge is -2.50. The molecule has 1 saturated carbocycles. The first-order valence-corrected chi connectivity index (χ1v) is 5.60. The lowest BCUT2D eigenvalue weighted by Crippen LogP contribution is -2.48. The fourth-order valence-electron chi connectivity index (χ4n) is 2.18. The van der Waals surface area contributed by atoms with Crippen LogP contribution in [-0.4, -0.2) is 10.7 Å². The molecule has 0 unspecified atom stereocenters. The molecule has 1 aliphatic carbocycles. The Hall–Kier alpha value is -0.0400. The standard InChI is InChI=1S/C12H24O/c1-5-6-7-12(13)8-10(9-12)11(2,3)4/h10,13H,5-9H2,1-4H3. The Morgan fingerprint density at radius 3 is 2.23 bits per heavy atom. The fourth-order valence-corrected chi connectivity index (χ4v) is 2.18. The van der Waals surface area contributed by atoms with E-state index in [1.54, 1.807) is 0 Å². The van der Waals surface area contributed by atoms with Crippen LogP contribution < -0.4 is 0 Å². The van der Waals surface area contributed by atoms with Gasteiger partial charge in [0.15, 0.2) is 0 Å². The van der Waals surface area contributed by atoms with Gasteiger partial charge in [0, 0.05) is 0 Å². The van der Waals surface area contributed by atoms with E-state index >= 15 is 0 Å². The van der Waals surface area contributed by atoms with Gasteiger partial charge in [-0.1, -0.05) is 40.5 Å². The molecule has 1 aliphatic rings. The summed E-state index contributed by atoms with van der Waals surface area (Å²) in [5.74, 6) is 0.731. The van der Waals surface area contributed by atoms with Crippen LogP contribution in [0.25, 0.3) is 0 Å². The zero-order valence-corrected chi connectivity index (χ0v) is 9.56. The van der Waals surface area contributed by atoms with Crippen LogP contribution in [0.2, 0.25) is 0 Å². The molecule has 78 valence electrons. The van der Waals surface area contributed by atoms with Gasteiger partial charge in [-0.25, -0.2) is 0 Å². The average Bonchev–Trinajstić information content (AvgIpc) is 1.93. The van der Waals surface area contributed by atoms with Gasteiger partial charge in [0.25, 0.3) is 0 Å². The molecular weight excluding hydrogens is 160 g/mol. The third-order valence-corrected chi connectivity index (χ3v) is 3.47. The number of aliphatic hydroxyl groups is 1. The molecule has 0 spiro atoms. The van der Waals surface area contributed by atoms with E-state index in [0.29, 0.717) is 5.41 Å². The highest BCUT2D eigenvalue weighted by Gasteiger charge is 2.46. The third-order valence-electron chi connectivity index (χ3n) is 3.47. The summed E-state index contributed by atoms with van der Waals surface area (Å²) < 4.78 is 0. The zero-order valence-electron chi connectivity index (χ0n) is 9.56. The fraction of sp³-hybridized carbons (Fsp3) is 1.00. The lowest BCUT2D eigenvalue weighted by molar-refractivity contribution is -0.112. The largest absolute Gasteiger partial charge is 0.390 e. The van der Waals surface area contributed by atoms with Crippen molar-refractivity contribution in [2.45, 2.75) is 65.4 Å². The molecule has 1 heteroatoms. The molecule has 0 atom stereocenters. The Labute approximate surface area is 82.5 Å². The Bertz CT molecular complexity index is 160. The van der Waals surface area contributed by atoms with E-state index in [4.69, 9.17) is 0 Å². The first-order chi connectivity index (χ1) is 5.87. The molecule has 0 aliphatic heterocycles. The van der Waals surface area contributed by atoms with Crippen LogP contribution in [0.1, 0.15) is 59.8 Å². The molecule has 0 radical (unpaired) electrons. The van der Waals surface area contributed by atoms with E-state index in [2.05, 4.69) is 27.7 Å². The van der Waals surface area contributed by atoms with Gasteiger partial charge < -0.3 is 5.11 Å². The van der Waals surface area contributed by atoms with Crippen LogP contribution in [-0.2, 0) is 0 Å². The molecule has 1 nitrogen and oxygen atoms in total. The van der Waals surface area contributed by atoms with Crippen molar-refractivity contribution >= 4 is 0 Å². The topological polar surface area (TPSA) is 20.2 Å². The first-order valence-electron chi connectivity index (χ1n) is 5.60. The second-order valence-electron chi connectivity index (χ2n) is 5.80. The minimum absolute atomic E-state index is 0.298. The van der Waals surface area contributed by atoms with E-state index < -0.39 is 0 Å². The normalized spacial score (nSPS) is 34.4. The number of unbranched alkanes of at least 4 members (excludes halogenated alkanes) is 1. The Morgan fingerprint density at radius 1 is 1.31 bits per heavy atom. The summed E-state index contributed by atoms with van der Waals surface area (Å²) in [4.78, 5) is 0. The van der Waals surface area contributed by atoms with Crippen molar-refractivity contribution in [3.63, 3.8) is 0 Å². The highest BCUT2D eigenvalue weighted by molar-refractivity contribution is 4.98. The van der Waals surface area contributed by atoms with Gasteiger partial charge in [-0.2, -0.15) is 0 Å². The van der Waals surface area contributed by atoms with Crippen LogP contribution in [0.3, 0.4) is 0 Å². The Balaban J connectivity index is 2.30. The van der Waals surface area contributed by atoms with Gasteiger partial charge in [0.2, 0.25) is 0 Å². The van der Waals surface area contributed by atoms with Gasteiger partial charge in [0.05, 0.1) is 5.60 Å². The quantitative estimate of drug-likeness (QED) is 0.713. The van der Waals surface area contributed by atoms with Crippen molar-refractivity contribution in [3.8, 4) is 0 Å². The maximum Gasteiger partial charge on any atom is 0.0653 e. The van der Waals surface area contributed by atoms with Gasteiger partial charge in [-0.05, 0) is 30.6 Å². The Morgan fingerprint density at radius 2 is 1.85 bits per heavy atom. The molecule has 0 aromatic heterocycles. The molecule has 0 bridgehead atoms. The molecule has 1 fully saturated rings. The molecule has 0 aromatic carbocycles. The number of hydrogen-bond acceptors (Lipinski definition) is 1. The molecule has 0 aromatic rings. The van der Waals surface area contributed by atoms with Crippen molar-refractivity contribution < 1.29 is 5.11 Å². The summed E-state index contributed by atoms with van der Waals surface area (Å²) in [5.41, 5.74) is 0.0897. The van der Waals surface area contributed by atoms with Gasteiger partial charge in [0.1, 0.15) is 0 Å². The van der Waals surface area contributed by atoms with Crippen molar-refractivity contribution in [2.75, 3.05) is 0 Å². The van der Waals surface area contributed by atoms with E-state index in [-0.39, 0.29) is 5.60 Å². The van der Waals surface area contributed by atoms with Gasteiger partial charge >= 0.3 is 0 Å². The van der Waals surface area contributed by atoms with Crippen molar-refractivity contribution in [3.05, 3.63) is 0 Å². The number of hydrogen-bond donors (Lipinski definition) is 1. The molecule has 1 rings (SSSR count). The molecule has 0 amide bonds. The molecule has 1 N–H and O–H groups in total. The monoisotopic (exact) mass is 184 g/mol. The highest BCUT2D eigenvalue weighted by Crippen LogP contribution is 2.49. The summed E-state index contributed by atoms with van der Waals surface area (Å²) in [6, 6.07) is 0. The van der Waals surface area contributed by atoms with Crippen LogP contribution in [0.4, 0.5) is 0 Å². The third kappa shape index (κ3) is 2.70. The number of rotatable bonds is 3. The molecule has 0 heterocycles. The van der Waals surface area contributed by atoms with E-state index in [9.17, 15) is 5.11 Å². The van der Waals surface area contributed by atoms with Crippen molar-refractivity contribution in [1.82, 2.24) is 0 Å². The minimum Gasteiger partial charge on any atom is -0.390 e. The van der Waals surface area contributed by atoms with Crippen LogP contribution in [0, 0.1) is 11.3 Å². The SMILES string of the molecule is CCCCC1(O)CC(C(C)(C)C)C1. The Kier molecular flexibility index (Phi) is 3.06.